The molecule has 0 aliphatic carbocycles. The first-order valence-corrected chi connectivity index (χ1v) is 15.5. The topological polar surface area (TPSA) is 43.1 Å². The fourth-order valence-corrected chi connectivity index (χ4v) is 5.07. The van der Waals surface area contributed by atoms with Gasteiger partial charge < -0.3 is 5.73 Å². The van der Waals surface area contributed by atoms with Crippen LogP contribution in [0.3, 0.4) is 0 Å². The monoisotopic (exact) mass is 465 g/mol. The summed E-state index contributed by atoms with van der Waals surface area (Å²) in [7, 11) is 0. The fourth-order valence-electron chi connectivity index (χ4n) is 5.07. The lowest BCUT2D eigenvalue weighted by molar-refractivity contribution is -0.122. The van der Waals surface area contributed by atoms with Crippen LogP contribution in [-0.2, 0) is 4.79 Å². The standard InChI is InChI=1S/C31H63NO/c1-3-5-7-9-11-13-15-17-19-21-23-25-27-29-30(31(32)33)28-26-24-22-20-18-16-14-12-10-8-6-4-2/h30H,3-29H2,1-2H3,(H2,32,33). The minimum atomic E-state index is -0.0583. The van der Waals surface area contributed by atoms with E-state index in [1.807, 2.05) is 0 Å². The molecule has 1 unspecified atom stereocenters. The number of rotatable bonds is 28. The summed E-state index contributed by atoms with van der Waals surface area (Å²) < 4.78 is 0. The number of carbonyl (C=O) groups is 1. The molecule has 2 heteroatoms. The van der Waals surface area contributed by atoms with Gasteiger partial charge in [0.2, 0.25) is 5.91 Å². The first-order valence-electron chi connectivity index (χ1n) is 15.5. The molecule has 0 heterocycles. The summed E-state index contributed by atoms with van der Waals surface area (Å²) in [5.41, 5.74) is 5.68. The van der Waals surface area contributed by atoms with Gasteiger partial charge in [-0.15, -0.1) is 0 Å². The van der Waals surface area contributed by atoms with Crippen LogP contribution in [0.5, 0.6) is 0 Å². The van der Waals surface area contributed by atoms with Gasteiger partial charge in [0.15, 0.2) is 0 Å². The second kappa shape index (κ2) is 27.7. The summed E-state index contributed by atoms with van der Waals surface area (Å²) in [4.78, 5) is 11.8. The van der Waals surface area contributed by atoms with Crippen molar-refractivity contribution in [2.45, 2.75) is 187 Å². The van der Waals surface area contributed by atoms with Gasteiger partial charge in [0.1, 0.15) is 0 Å². The molecule has 0 radical (unpaired) electrons. The van der Waals surface area contributed by atoms with Gasteiger partial charge in [-0.05, 0) is 12.8 Å². The van der Waals surface area contributed by atoms with Crippen molar-refractivity contribution < 1.29 is 4.79 Å². The van der Waals surface area contributed by atoms with Crippen LogP contribution in [0.1, 0.15) is 187 Å². The van der Waals surface area contributed by atoms with Gasteiger partial charge in [0.25, 0.3) is 0 Å². The lowest BCUT2D eigenvalue weighted by Gasteiger charge is -2.13. The van der Waals surface area contributed by atoms with Crippen LogP contribution in [0.4, 0.5) is 0 Å². The van der Waals surface area contributed by atoms with Crippen LogP contribution < -0.4 is 5.73 Å². The van der Waals surface area contributed by atoms with Crippen molar-refractivity contribution in [3.05, 3.63) is 0 Å². The van der Waals surface area contributed by atoms with E-state index in [-0.39, 0.29) is 11.8 Å². The zero-order valence-electron chi connectivity index (χ0n) is 23.2. The molecule has 2 N–H and O–H groups in total. The molecule has 33 heavy (non-hydrogen) atoms. The highest BCUT2D eigenvalue weighted by atomic mass is 16.1. The van der Waals surface area contributed by atoms with Gasteiger partial charge in [-0.1, -0.05) is 174 Å². The van der Waals surface area contributed by atoms with Crippen molar-refractivity contribution in [1.29, 1.82) is 0 Å². The third-order valence-electron chi connectivity index (χ3n) is 7.46. The van der Waals surface area contributed by atoms with Crippen LogP contribution >= 0.6 is 0 Å². The molecule has 0 aliphatic rings. The summed E-state index contributed by atoms with van der Waals surface area (Å²) in [6.07, 6.45) is 36.4. The molecule has 0 rings (SSSR count). The molecule has 198 valence electrons. The van der Waals surface area contributed by atoms with E-state index in [0.717, 1.165) is 12.8 Å². The maximum absolute atomic E-state index is 11.8. The van der Waals surface area contributed by atoms with Crippen LogP contribution in [0.15, 0.2) is 0 Å². The Bertz CT molecular complexity index is 381. The Labute approximate surface area is 209 Å². The average Bonchev–Trinajstić information content (AvgIpc) is 2.81. The summed E-state index contributed by atoms with van der Waals surface area (Å²) in [6, 6.07) is 0. The van der Waals surface area contributed by atoms with Crippen molar-refractivity contribution in [2.24, 2.45) is 11.7 Å². The van der Waals surface area contributed by atoms with Gasteiger partial charge >= 0.3 is 0 Å². The molecule has 0 fully saturated rings. The Morgan fingerprint density at radius 3 is 0.848 bits per heavy atom. The van der Waals surface area contributed by atoms with Gasteiger partial charge in [0.05, 0.1) is 0 Å². The summed E-state index contributed by atoms with van der Waals surface area (Å²) in [6.45, 7) is 4.57. The minimum absolute atomic E-state index is 0.0583. The molecule has 0 aliphatic heterocycles. The predicted octanol–water partition coefficient (Wildman–Crippen LogP) is 10.7. The summed E-state index contributed by atoms with van der Waals surface area (Å²) in [5.74, 6) is 0.0674. The molecular formula is C31H63NO. The molecule has 0 aromatic heterocycles. The van der Waals surface area contributed by atoms with Crippen LogP contribution in [-0.4, -0.2) is 5.91 Å². The molecule has 0 saturated heterocycles. The number of amides is 1. The largest absolute Gasteiger partial charge is 0.369 e. The van der Waals surface area contributed by atoms with Crippen LogP contribution in [0.25, 0.3) is 0 Å². The summed E-state index contributed by atoms with van der Waals surface area (Å²) >= 11 is 0. The minimum Gasteiger partial charge on any atom is -0.369 e. The Hall–Kier alpha value is -0.530. The zero-order chi connectivity index (χ0) is 24.2. The van der Waals surface area contributed by atoms with E-state index >= 15 is 0 Å². The molecule has 1 atom stereocenters. The highest BCUT2D eigenvalue weighted by Gasteiger charge is 2.14. The fraction of sp³-hybridized carbons (Fsp3) is 0.968. The van der Waals surface area contributed by atoms with E-state index < -0.39 is 0 Å². The van der Waals surface area contributed by atoms with E-state index in [1.54, 1.807) is 0 Å². The third-order valence-corrected chi connectivity index (χ3v) is 7.46. The third kappa shape index (κ3) is 25.9. The number of hydrogen-bond acceptors (Lipinski definition) is 1. The zero-order valence-corrected chi connectivity index (χ0v) is 23.2. The molecule has 0 spiro atoms. The van der Waals surface area contributed by atoms with E-state index in [9.17, 15) is 4.79 Å². The van der Waals surface area contributed by atoms with Crippen molar-refractivity contribution in [3.63, 3.8) is 0 Å². The first kappa shape index (κ1) is 32.5. The number of primary amides is 1. The van der Waals surface area contributed by atoms with Crippen molar-refractivity contribution in [3.8, 4) is 0 Å². The van der Waals surface area contributed by atoms with Gasteiger partial charge in [0, 0.05) is 5.92 Å². The summed E-state index contributed by atoms with van der Waals surface area (Å²) in [5, 5.41) is 0. The highest BCUT2D eigenvalue weighted by Crippen LogP contribution is 2.20. The molecule has 0 aromatic carbocycles. The Balaban J connectivity index is 3.41. The number of unbranched alkanes of at least 4 members (excludes halogenated alkanes) is 23. The lowest BCUT2D eigenvalue weighted by Crippen LogP contribution is -2.23. The van der Waals surface area contributed by atoms with E-state index in [4.69, 9.17) is 5.73 Å². The average molecular weight is 466 g/mol. The normalized spacial score (nSPS) is 12.3. The first-order chi connectivity index (χ1) is 16.2. The maximum atomic E-state index is 11.8. The molecule has 0 aromatic rings. The second-order valence-electron chi connectivity index (χ2n) is 10.8. The molecule has 1 amide bonds. The Morgan fingerprint density at radius 2 is 0.636 bits per heavy atom. The van der Waals surface area contributed by atoms with Crippen LogP contribution in [0.2, 0.25) is 0 Å². The second-order valence-corrected chi connectivity index (χ2v) is 10.8. The SMILES string of the molecule is CCCCCCCCCCCCCCCC(CCCCCCCCCCCCCC)C(N)=O. The maximum Gasteiger partial charge on any atom is 0.220 e. The molecule has 0 saturated carbocycles. The van der Waals surface area contributed by atoms with Gasteiger partial charge in [-0.25, -0.2) is 0 Å². The Kier molecular flexibility index (Phi) is 27.3. The van der Waals surface area contributed by atoms with E-state index in [1.165, 1.54) is 161 Å². The van der Waals surface area contributed by atoms with E-state index in [2.05, 4.69) is 13.8 Å². The molecular weight excluding hydrogens is 402 g/mol. The van der Waals surface area contributed by atoms with Crippen molar-refractivity contribution >= 4 is 5.91 Å². The van der Waals surface area contributed by atoms with Gasteiger partial charge in [-0.3, -0.25) is 4.79 Å². The van der Waals surface area contributed by atoms with Crippen molar-refractivity contribution in [1.82, 2.24) is 0 Å². The van der Waals surface area contributed by atoms with Crippen LogP contribution in [0, 0.1) is 5.92 Å². The lowest BCUT2D eigenvalue weighted by atomic mass is 9.93. The number of hydrogen-bond donors (Lipinski definition) is 1. The van der Waals surface area contributed by atoms with Crippen molar-refractivity contribution in [2.75, 3.05) is 0 Å². The number of nitrogens with two attached hydrogens (primary N) is 1. The molecule has 0 bridgehead atoms. The quantitative estimate of drug-likeness (QED) is 0.115. The van der Waals surface area contributed by atoms with Gasteiger partial charge in [-0.2, -0.15) is 0 Å². The molecule has 2 nitrogen and oxygen atoms in total. The predicted molar refractivity (Wildman–Crippen MR) is 149 cm³/mol. The Morgan fingerprint density at radius 1 is 0.424 bits per heavy atom. The number of carbonyl (C=O) groups excluding carboxylic acids is 1. The van der Waals surface area contributed by atoms with E-state index in [0.29, 0.717) is 0 Å². The smallest absolute Gasteiger partial charge is 0.220 e. The highest BCUT2D eigenvalue weighted by molar-refractivity contribution is 5.76.